The lowest BCUT2D eigenvalue weighted by molar-refractivity contribution is -0.387. The number of nitro benzene ring substituents is 1. The third-order valence-electron chi connectivity index (χ3n) is 4.14. The molecule has 11 heteroatoms. The zero-order chi connectivity index (χ0) is 21.8. The minimum atomic E-state index is -4.09. The van der Waals surface area contributed by atoms with Crippen molar-refractivity contribution in [2.75, 3.05) is 20.2 Å². The Morgan fingerprint density at radius 3 is 2.52 bits per heavy atom. The summed E-state index contributed by atoms with van der Waals surface area (Å²) in [6.07, 6.45) is 1.71. The number of benzene rings is 1. The molecular weight excluding hydrogens is 402 g/mol. The molecule has 10 nitrogen and oxygen atoms in total. The predicted molar refractivity (Wildman–Crippen MR) is 105 cm³/mol. The molecule has 0 saturated heterocycles. The molecule has 1 saturated carbocycles. The summed E-state index contributed by atoms with van der Waals surface area (Å²) >= 11 is 0. The molecule has 1 N–H and O–H groups in total. The van der Waals surface area contributed by atoms with Crippen molar-refractivity contribution in [3.05, 3.63) is 28.3 Å². The van der Waals surface area contributed by atoms with Crippen molar-refractivity contribution in [1.82, 2.24) is 9.62 Å². The zero-order valence-electron chi connectivity index (χ0n) is 17.0. The molecule has 2 rings (SSSR count). The lowest BCUT2D eigenvalue weighted by Crippen LogP contribution is -2.39. The molecule has 1 aromatic rings. The molecule has 1 aliphatic carbocycles. The maximum absolute atomic E-state index is 12.5. The van der Waals surface area contributed by atoms with E-state index in [1.54, 1.807) is 25.7 Å². The molecule has 0 spiro atoms. The first-order valence-electron chi connectivity index (χ1n) is 9.26. The largest absolute Gasteiger partial charge is 0.497 e. The van der Waals surface area contributed by atoms with Gasteiger partial charge < -0.3 is 14.4 Å². The van der Waals surface area contributed by atoms with Crippen LogP contribution in [0, 0.1) is 10.1 Å². The van der Waals surface area contributed by atoms with Crippen molar-refractivity contribution in [2.24, 2.45) is 0 Å². The van der Waals surface area contributed by atoms with E-state index in [4.69, 9.17) is 9.47 Å². The Kier molecular flexibility index (Phi) is 7.06. The zero-order valence-corrected chi connectivity index (χ0v) is 17.8. The maximum Gasteiger partial charge on any atom is 0.410 e. The second-order valence-electron chi connectivity index (χ2n) is 7.75. The van der Waals surface area contributed by atoms with Crippen molar-refractivity contribution in [1.29, 1.82) is 0 Å². The van der Waals surface area contributed by atoms with Crippen molar-refractivity contribution >= 4 is 21.8 Å². The van der Waals surface area contributed by atoms with Gasteiger partial charge in [-0.3, -0.25) is 10.1 Å². The number of nitrogens with one attached hydrogen (secondary N) is 1. The fraction of sp³-hybridized carbons (Fsp3) is 0.611. The normalized spacial score (nSPS) is 14.3. The van der Waals surface area contributed by atoms with Crippen LogP contribution in [0.25, 0.3) is 0 Å². The second kappa shape index (κ2) is 8.95. The Morgan fingerprint density at radius 1 is 1.34 bits per heavy atom. The number of rotatable bonds is 9. The third-order valence-corrected chi connectivity index (χ3v) is 5.64. The summed E-state index contributed by atoms with van der Waals surface area (Å²) in [5, 5.41) is 11.2. The molecular formula is C18H27N3O7S. The highest BCUT2D eigenvalue weighted by Crippen LogP contribution is 2.29. The average molecular weight is 429 g/mol. The van der Waals surface area contributed by atoms with E-state index in [1.165, 1.54) is 13.2 Å². The van der Waals surface area contributed by atoms with Crippen molar-refractivity contribution in [2.45, 2.75) is 56.6 Å². The van der Waals surface area contributed by atoms with Crippen molar-refractivity contribution < 1.29 is 27.6 Å². The Morgan fingerprint density at radius 2 is 2.00 bits per heavy atom. The highest BCUT2D eigenvalue weighted by atomic mass is 32.2. The van der Waals surface area contributed by atoms with Gasteiger partial charge in [0.05, 0.1) is 18.1 Å². The fourth-order valence-corrected chi connectivity index (χ4v) is 3.88. The average Bonchev–Trinajstić information content (AvgIpc) is 3.44. The number of nitro groups is 1. The van der Waals surface area contributed by atoms with E-state index in [9.17, 15) is 23.3 Å². The number of sulfonamides is 1. The van der Waals surface area contributed by atoms with Crippen LogP contribution >= 0.6 is 0 Å². The first kappa shape index (κ1) is 22.9. The Balaban J connectivity index is 1.99. The minimum Gasteiger partial charge on any atom is -0.497 e. The molecule has 1 amide bonds. The number of ether oxygens (including phenoxy) is 2. The molecule has 0 bridgehead atoms. The van der Waals surface area contributed by atoms with Gasteiger partial charge in [0, 0.05) is 19.1 Å². The number of hydrogen-bond acceptors (Lipinski definition) is 7. The van der Waals surface area contributed by atoms with Gasteiger partial charge in [0.1, 0.15) is 11.4 Å². The van der Waals surface area contributed by atoms with Gasteiger partial charge in [-0.1, -0.05) is 0 Å². The van der Waals surface area contributed by atoms with E-state index in [2.05, 4.69) is 4.72 Å². The first-order valence-corrected chi connectivity index (χ1v) is 10.7. The van der Waals surface area contributed by atoms with E-state index >= 15 is 0 Å². The van der Waals surface area contributed by atoms with Crippen LogP contribution in [0.1, 0.15) is 40.0 Å². The molecule has 0 heterocycles. The van der Waals surface area contributed by atoms with Crippen LogP contribution in [-0.4, -0.2) is 56.2 Å². The molecule has 0 unspecified atom stereocenters. The van der Waals surface area contributed by atoms with Crippen LogP contribution in [0.5, 0.6) is 5.75 Å². The number of carbonyl (C=O) groups is 1. The number of methoxy groups -OCH3 is 1. The lowest BCUT2D eigenvalue weighted by atomic mass is 10.2. The molecule has 0 radical (unpaired) electrons. The number of nitrogens with zero attached hydrogens (tertiary/aromatic N) is 2. The van der Waals surface area contributed by atoms with Crippen molar-refractivity contribution in [3.8, 4) is 5.75 Å². The van der Waals surface area contributed by atoms with Gasteiger partial charge >= 0.3 is 6.09 Å². The van der Waals surface area contributed by atoms with E-state index < -0.39 is 37.2 Å². The highest BCUT2D eigenvalue weighted by molar-refractivity contribution is 7.89. The predicted octanol–water partition coefficient (Wildman–Crippen LogP) is 2.67. The van der Waals surface area contributed by atoms with Gasteiger partial charge in [0.25, 0.3) is 5.69 Å². The molecule has 0 aliphatic heterocycles. The second-order valence-corrected chi connectivity index (χ2v) is 9.48. The standard InChI is InChI=1S/C18H27N3O7S/c1-18(2,3)28-17(22)20(13-6-7-13)11-5-10-19-29(25,26)16-9-8-14(27-4)12-15(16)21(23)24/h8-9,12-13,19H,5-7,10-11H2,1-4H3. The van der Waals surface area contributed by atoms with Gasteiger partial charge in [-0.15, -0.1) is 0 Å². The van der Waals surface area contributed by atoms with E-state index in [0.29, 0.717) is 13.0 Å². The summed E-state index contributed by atoms with van der Waals surface area (Å²) in [5.74, 6) is 0.188. The highest BCUT2D eigenvalue weighted by Gasteiger charge is 2.35. The first-order chi connectivity index (χ1) is 13.4. The van der Waals surface area contributed by atoms with Crippen LogP contribution in [0.2, 0.25) is 0 Å². The summed E-state index contributed by atoms with van der Waals surface area (Å²) in [4.78, 5) is 23.9. The summed E-state index contributed by atoms with van der Waals surface area (Å²) in [7, 11) is -2.76. The summed E-state index contributed by atoms with van der Waals surface area (Å²) in [6, 6.07) is 3.66. The molecule has 162 valence electrons. The summed E-state index contributed by atoms with van der Waals surface area (Å²) < 4.78 is 37.7. The third kappa shape index (κ3) is 6.57. The van der Waals surface area contributed by atoms with Crippen LogP contribution < -0.4 is 9.46 Å². The van der Waals surface area contributed by atoms with Crippen LogP contribution in [0.4, 0.5) is 10.5 Å². The lowest BCUT2D eigenvalue weighted by Gasteiger charge is -2.27. The number of hydrogen-bond donors (Lipinski definition) is 1. The fourth-order valence-electron chi connectivity index (χ4n) is 2.66. The summed E-state index contributed by atoms with van der Waals surface area (Å²) in [5.41, 5.74) is -1.18. The van der Waals surface area contributed by atoms with Gasteiger partial charge in [-0.05, 0) is 52.2 Å². The van der Waals surface area contributed by atoms with Crippen LogP contribution in [0.15, 0.2) is 23.1 Å². The smallest absolute Gasteiger partial charge is 0.410 e. The molecule has 1 aromatic carbocycles. The van der Waals surface area contributed by atoms with Crippen molar-refractivity contribution in [3.63, 3.8) is 0 Å². The number of amides is 1. The Bertz CT molecular complexity index is 861. The molecule has 29 heavy (non-hydrogen) atoms. The van der Waals surface area contributed by atoms with E-state index in [1.807, 2.05) is 0 Å². The van der Waals surface area contributed by atoms with E-state index in [-0.39, 0.29) is 18.3 Å². The van der Waals surface area contributed by atoms with Gasteiger partial charge in [-0.2, -0.15) is 0 Å². The molecule has 1 fully saturated rings. The molecule has 1 aliphatic rings. The topological polar surface area (TPSA) is 128 Å². The molecule has 0 atom stereocenters. The maximum atomic E-state index is 12.5. The van der Waals surface area contributed by atoms with E-state index in [0.717, 1.165) is 25.0 Å². The Hall–Kier alpha value is -2.40. The molecule has 0 aromatic heterocycles. The van der Waals surface area contributed by atoms with Crippen LogP contribution in [-0.2, 0) is 14.8 Å². The summed E-state index contributed by atoms with van der Waals surface area (Å²) in [6.45, 7) is 5.70. The van der Waals surface area contributed by atoms with Gasteiger partial charge in [0.2, 0.25) is 10.0 Å². The van der Waals surface area contributed by atoms with Gasteiger partial charge in [0.15, 0.2) is 4.90 Å². The monoisotopic (exact) mass is 429 g/mol. The van der Waals surface area contributed by atoms with Gasteiger partial charge in [-0.25, -0.2) is 17.9 Å². The van der Waals surface area contributed by atoms with Crippen LogP contribution in [0.3, 0.4) is 0 Å². The minimum absolute atomic E-state index is 0.0253. The SMILES string of the molecule is COc1ccc(S(=O)(=O)NCCCN(C(=O)OC(C)(C)C)C2CC2)c([N+](=O)[O-])c1. The number of carbonyl (C=O) groups excluding carboxylic acids is 1. The quantitative estimate of drug-likeness (QED) is 0.363. The Labute approximate surface area is 170 Å².